The van der Waals surface area contributed by atoms with Crippen LogP contribution in [0.15, 0.2) is 18.6 Å². The second kappa shape index (κ2) is 10.4. The van der Waals surface area contributed by atoms with E-state index in [4.69, 9.17) is 23.2 Å². The van der Waals surface area contributed by atoms with Gasteiger partial charge in [-0.15, -0.1) is 0 Å². The molecule has 0 aliphatic heterocycles. The van der Waals surface area contributed by atoms with Crippen LogP contribution in [0, 0.1) is 10.8 Å². The van der Waals surface area contributed by atoms with Crippen LogP contribution >= 0.6 is 23.2 Å². The number of aliphatic carboxylic acids is 1. The van der Waals surface area contributed by atoms with E-state index in [1.165, 1.54) is 12.4 Å². The van der Waals surface area contributed by atoms with Gasteiger partial charge in [0, 0.05) is 18.4 Å². The first-order valence-electron chi connectivity index (χ1n) is 12.6. The molecule has 0 saturated heterocycles. The lowest BCUT2D eigenvalue weighted by atomic mass is 9.66. The Labute approximate surface area is 233 Å². The van der Waals surface area contributed by atoms with Crippen LogP contribution in [0.25, 0.3) is 0 Å². The summed E-state index contributed by atoms with van der Waals surface area (Å²) in [6, 6.07) is -1.22. The minimum atomic E-state index is -4.92. The second-order valence-corrected chi connectivity index (χ2v) is 12.1. The maximum absolute atomic E-state index is 14.4. The van der Waals surface area contributed by atoms with Gasteiger partial charge in [-0.05, 0) is 50.9 Å². The van der Waals surface area contributed by atoms with Crippen molar-refractivity contribution in [2.45, 2.75) is 77.6 Å². The van der Waals surface area contributed by atoms with Crippen molar-refractivity contribution in [3.8, 4) is 0 Å². The van der Waals surface area contributed by atoms with E-state index in [1.807, 2.05) is 13.8 Å². The molecule has 2 aromatic rings. The number of carbonyl (C=O) groups excluding carboxylic acids is 2. The van der Waals surface area contributed by atoms with Gasteiger partial charge < -0.3 is 10.0 Å². The molecule has 0 unspecified atom stereocenters. The molecule has 212 valence electrons. The molecule has 2 aromatic heterocycles. The number of carboxylic acid groups (broad SMARTS) is 1. The SMILES string of the molecule is CC1(C)CC[C@@H]1N(CC(=O)c1c(Cl)cncc1Cl)C(=O)c1cnn([C@H]2CC[C@](C)(C(=O)O)CC2)c1C(F)(F)F. The summed E-state index contributed by atoms with van der Waals surface area (Å²) >= 11 is 12.3. The number of hydrogen-bond donors (Lipinski definition) is 1. The summed E-state index contributed by atoms with van der Waals surface area (Å²) in [5.74, 6) is -2.58. The second-order valence-electron chi connectivity index (χ2n) is 11.3. The topological polar surface area (TPSA) is 105 Å². The van der Waals surface area contributed by atoms with Crippen molar-refractivity contribution in [2.24, 2.45) is 10.8 Å². The fourth-order valence-electron chi connectivity index (χ4n) is 5.59. The lowest BCUT2D eigenvalue weighted by Gasteiger charge is -2.50. The molecule has 2 heterocycles. The summed E-state index contributed by atoms with van der Waals surface area (Å²) in [6.07, 6.45) is 0.351. The molecule has 0 radical (unpaired) electrons. The highest BCUT2D eigenvalue weighted by molar-refractivity contribution is 6.39. The number of rotatable bonds is 7. The standard InChI is InChI=1S/C26H29Cl2F3N4O4/c1-24(2)7-6-19(24)34(13-18(36)20-16(27)11-32-12-17(20)28)22(37)15-10-33-35(21(15)26(29,30)31)14-4-8-25(3,9-5-14)23(38)39/h10-12,14,19H,4-9,13H2,1-3H3,(H,38,39)/t14-,19-,25-/m0/s1. The molecule has 2 fully saturated rings. The average molecular weight is 589 g/mol. The van der Waals surface area contributed by atoms with Crippen LogP contribution in [-0.4, -0.2) is 55.0 Å². The number of alkyl halides is 3. The maximum atomic E-state index is 14.4. The van der Waals surface area contributed by atoms with E-state index < -0.39 is 64.6 Å². The first-order valence-corrected chi connectivity index (χ1v) is 13.3. The van der Waals surface area contributed by atoms with Crippen LogP contribution in [0.4, 0.5) is 13.2 Å². The summed E-state index contributed by atoms with van der Waals surface area (Å²) in [4.78, 5) is 43.7. The Hall–Kier alpha value is -2.66. The summed E-state index contributed by atoms with van der Waals surface area (Å²) in [7, 11) is 0. The smallest absolute Gasteiger partial charge is 0.433 e. The molecule has 0 aromatic carbocycles. The Morgan fingerprint density at radius 1 is 1.05 bits per heavy atom. The number of Topliss-reactive ketones (excluding diaryl/α,β-unsaturated/α-hetero) is 1. The van der Waals surface area contributed by atoms with Crippen molar-refractivity contribution in [1.82, 2.24) is 19.7 Å². The Bertz CT molecular complexity index is 1280. The lowest BCUT2D eigenvalue weighted by Crippen LogP contribution is -2.56. The zero-order valence-electron chi connectivity index (χ0n) is 21.7. The number of ketones is 1. The van der Waals surface area contributed by atoms with Crippen molar-refractivity contribution in [1.29, 1.82) is 0 Å². The molecule has 1 amide bonds. The Kier molecular flexibility index (Phi) is 7.81. The van der Waals surface area contributed by atoms with Gasteiger partial charge in [-0.1, -0.05) is 37.0 Å². The normalized spacial score (nSPS) is 24.6. The third-order valence-corrected chi connectivity index (χ3v) is 8.84. The fraction of sp³-hybridized carbons (Fsp3) is 0.577. The van der Waals surface area contributed by atoms with Crippen LogP contribution in [0.2, 0.25) is 10.0 Å². The summed E-state index contributed by atoms with van der Waals surface area (Å²) < 4.78 is 44.2. The predicted molar refractivity (Wildman–Crippen MR) is 137 cm³/mol. The van der Waals surface area contributed by atoms with Gasteiger partial charge in [0.15, 0.2) is 11.5 Å². The molecule has 4 rings (SSSR count). The van der Waals surface area contributed by atoms with E-state index in [1.54, 1.807) is 6.92 Å². The molecule has 0 spiro atoms. The van der Waals surface area contributed by atoms with Crippen LogP contribution in [0.5, 0.6) is 0 Å². The number of aromatic nitrogens is 3. The van der Waals surface area contributed by atoms with E-state index in [0.717, 1.165) is 22.2 Å². The largest absolute Gasteiger partial charge is 0.481 e. The first-order chi connectivity index (χ1) is 18.1. The van der Waals surface area contributed by atoms with Crippen LogP contribution in [0.3, 0.4) is 0 Å². The van der Waals surface area contributed by atoms with Gasteiger partial charge in [-0.3, -0.25) is 24.0 Å². The molecule has 13 heteroatoms. The van der Waals surface area contributed by atoms with Crippen molar-refractivity contribution < 1.29 is 32.7 Å². The Balaban J connectivity index is 1.70. The van der Waals surface area contributed by atoms with Crippen molar-refractivity contribution in [3.05, 3.63) is 45.5 Å². The van der Waals surface area contributed by atoms with Crippen LogP contribution in [0.1, 0.15) is 91.7 Å². The lowest BCUT2D eigenvalue weighted by molar-refractivity contribution is -0.152. The zero-order valence-corrected chi connectivity index (χ0v) is 23.2. The molecule has 39 heavy (non-hydrogen) atoms. The van der Waals surface area contributed by atoms with Gasteiger partial charge in [-0.2, -0.15) is 18.3 Å². The molecular formula is C26H29Cl2F3N4O4. The van der Waals surface area contributed by atoms with E-state index in [9.17, 15) is 32.7 Å². The van der Waals surface area contributed by atoms with Crippen LogP contribution < -0.4 is 0 Å². The highest BCUT2D eigenvalue weighted by atomic mass is 35.5. The molecule has 2 aliphatic rings. The van der Waals surface area contributed by atoms with Crippen molar-refractivity contribution >= 4 is 40.9 Å². The number of hydrogen-bond acceptors (Lipinski definition) is 5. The number of halogens is 5. The van der Waals surface area contributed by atoms with E-state index in [-0.39, 0.29) is 41.3 Å². The predicted octanol–water partition coefficient (Wildman–Crippen LogP) is 6.32. The van der Waals surface area contributed by atoms with Gasteiger partial charge in [0.25, 0.3) is 5.91 Å². The quantitative estimate of drug-likeness (QED) is 0.379. The number of pyridine rings is 1. The molecule has 2 saturated carbocycles. The maximum Gasteiger partial charge on any atom is 0.433 e. The van der Waals surface area contributed by atoms with Gasteiger partial charge >= 0.3 is 12.1 Å². The fourth-order valence-corrected chi connectivity index (χ4v) is 6.17. The van der Waals surface area contributed by atoms with E-state index >= 15 is 0 Å². The molecule has 1 atom stereocenters. The van der Waals surface area contributed by atoms with E-state index in [2.05, 4.69) is 10.1 Å². The van der Waals surface area contributed by atoms with Gasteiger partial charge in [0.1, 0.15) is 0 Å². The summed E-state index contributed by atoms with van der Waals surface area (Å²) in [5, 5.41) is 13.4. The van der Waals surface area contributed by atoms with Crippen LogP contribution in [-0.2, 0) is 11.0 Å². The minimum absolute atomic E-state index is 0.0257. The highest BCUT2D eigenvalue weighted by Crippen LogP contribution is 2.46. The first kappa shape index (κ1) is 29.3. The zero-order chi connectivity index (χ0) is 28.9. The van der Waals surface area contributed by atoms with Gasteiger partial charge in [-0.25, -0.2) is 0 Å². The average Bonchev–Trinajstić information content (AvgIpc) is 3.29. The van der Waals surface area contributed by atoms with Crippen molar-refractivity contribution in [3.63, 3.8) is 0 Å². The third-order valence-electron chi connectivity index (χ3n) is 8.26. The Morgan fingerprint density at radius 3 is 2.10 bits per heavy atom. The number of amides is 1. The molecule has 0 bridgehead atoms. The third kappa shape index (κ3) is 5.52. The van der Waals surface area contributed by atoms with Gasteiger partial charge in [0.2, 0.25) is 0 Å². The van der Waals surface area contributed by atoms with Crippen molar-refractivity contribution in [2.75, 3.05) is 6.54 Å². The number of nitrogens with zero attached hydrogens (tertiary/aromatic N) is 4. The monoisotopic (exact) mass is 588 g/mol. The number of carboxylic acids is 1. The Morgan fingerprint density at radius 2 is 1.64 bits per heavy atom. The molecule has 2 aliphatic carbocycles. The summed E-state index contributed by atoms with van der Waals surface area (Å²) in [6.45, 7) is 4.81. The molecule has 1 N–H and O–H groups in total. The molecular weight excluding hydrogens is 560 g/mol. The number of carbonyl (C=O) groups is 3. The molecule has 8 nitrogen and oxygen atoms in total. The van der Waals surface area contributed by atoms with Gasteiger partial charge in [0.05, 0.1) is 45.4 Å². The summed E-state index contributed by atoms with van der Waals surface area (Å²) in [5.41, 5.74) is -3.37. The van der Waals surface area contributed by atoms with E-state index in [0.29, 0.717) is 6.42 Å². The highest BCUT2D eigenvalue weighted by Gasteiger charge is 2.49. The minimum Gasteiger partial charge on any atom is -0.481 e.